The van der Waals surface area contributed by atoms with Gasteiger partial charge in [-0.3, -0.25) is 0 Å². The largest absolute Gasteiger partial charge is 0.313 e. The van der Waals surface area contributed by atoms with Crippen LogP contribution in [0.25, 0.3) is 0 Å². The summed E-state index contributed by atoms with van der Waals surface area (Å²) in [6.07, 6.45) is 2.23. The Morgan fingerprint density at radius 1 is 1.67 bits per heavy atom. The highest BCUT2D eigenvalue weighted by Crippen LogP contribution is 2.13. The summed E-state index contributed by atoms with van der Waals surface area (Å²) in [6.45, 7) is 3.16. The van der Waals surface area contributed by atoms with Gasteiger partial charge in [0.25, 0.3) is 0 Å². The maximum atomic E-state index is 8.57. The van der Waals surface area contributed by atoms with Gasteiger partial charge in [0.1, 0.15) is 0 Å². The molecular formula is C7H12N2. The predicted molar refractivity (Wildman–Crippen MR) is 35.8 cm³/mol. The molecule has 0 aromatic carbocycles. The third-order valence-electron chi connectivity index (χ3n) is 1.93. The monoisotopic (exact) mass is 124 g/mol. The van der Waals surface area contributed by atoms with Crippen LogP contribution in [0.4, 0.5) is 0 Å². The van der Waals surface area contributed by atoms with Gasteiger partial charge in [-0.1, -0.05) is 0 Å². The van der Waals surface area contributed by atoms with E-state index in [0.717, 1.165) is 19.4 Å². The quantitative estimate of drug-likeness (QED) is 0.520. The van der Waals surface area contributed by atoms with Gasteiger partial charge in [0.2, 0.25) is 0 Å². The lowest BCUT2D eigenvalue weighted by Crippen LogP contribution is -2.38. The Hall–Kier alpha value is -0.550. The second-order valence-electron chi connectivity index (χ2n) is 2.62. The van der Waals surface area contributed by atoms with E-state index in [9.17, 15) is 0 Å². The Morgan fingerprint density at radius 3 is 2.89 bits per heavy atom. The third kappa shape index (κ3) is 1.43. The van der Waals surface area contributed by atoms with Crippen LogP contribution in [0.5, 0.6) is 0 Å². The van der Waals surface area contributed by atoms with Crippen LogP contribution in [-0.4, -0.2) is 12.6 Å². The fraction of sp³-hybridized carbons (Fsp3) is 0.857. The van der Waals surface area contributed by atoms with Crippen LogP contribution in [0.1, 0.15) is 19.8 Å². The van der Waals surface area contributed by atoms with Crippen molar-refractivity contribution in [2.45, 2.75) is 25.8 Å². The molecule has 0 saturated carbocycles. The lowest BCUT2D eigenvalue weighted by molar-refractivity contribution is 0.355. The van der Waals surface area contributed by atoms with E-state index in [1.165, 1.54) is 0 Å². The zero-order valence-electron chi connectivity index (χ0n) is 5.72. The standard InChI is InChI=1S/C7H12N2/c1-6-7(5-8)3-2-4-9-6/h6-7,9H,2-4H2,1H3/t6-,7+/m0/s1. The van der Waals surface area contributed by atoms with Crippen LogP contribution in [0.15, 0.2) is 0 Å². The summed E-state index contributed by atoms with van der Waals surface area (Å²) in [5, 5.41) is 11.8. The molecule has 1 heterocycles. The summed E-state index contributed by atoms with van der Waals surface area (Å²) in [5.74, 6) is 0.249. The van der Waals surface area contributed by atoms with Gasteiger partial charge < -0.3 is 5.32 Å². The fourth-order valence-corrected chi connectivity index (χ4v) is 1.22. The van der Waals surface area contributed by atoms with Crippen molar-refractivity contribution in [2.75, 3.05) is 6.54 Å². The van der Waals surface area contributed by atoms with Gasteiger partial charge in [-0.2, -0.15) is 5.26 Å². The van der Waals surface area contributed by atoms with Crippen LogP contribution in [0.3, 0.4) is 0 Å². The van der Waals surface area contributed by atoms with Gasteiger partial charge in [0.15, 0.2) is 0 Å². The highest BCUT2D eigenvalue weighted by molar-refractivity contribution is 4.92. The van der Waals surface area contributed by atoms with E-state index in [4.69, 9.17) is 5.26 Å². The molecule has 0 spiro atoms. The zero-order valence-corrected chi connectivity index (χ0v) is 5.72. The van der Waals surface area contributed by atoms with Crippen molar-refractivity contribution in [1.82, 2.24) is 5.32 Å². The molecule has 1 fully saturated rings. The molecule has 1 aliphatic rings. The summed E-state index contributed by atoms with van der Waals surface area (Å²) in [6, 6.07) is 2.70. The molecule has 1 rings (SSSR count). The molecule has 0 bridgehead atoms. The molecule has 0 aromatic heterocycles. The molecule has 1 aliphatic heterocycles. The minimum atomic E-state index is 0.249. The molecule has 50 valence electrons. The number of nitriles is 1. The highest BCUT2D eigenvalue weighted by atomic mass is 14.9. The van der Waals surface area contributed by atoms with E-state index in [0.29, 0.717) is 6.04 Å². The molecule has 2 atom stereocenters. The third-order valence-corrected chi connectivity index (χ3v) is 1.93. The van der Waals surface area contributed by atoms with E-state index in [1.807, 2.05) is 0 Å². The molecule has 0 unspecified atom stereocenters. The fourth-order valence-electron chi connectivity index (χ4n) is 1.22. The Morgan fingerprint density at radius 2 is 2.44 bits per heavy atom. The summed E-state index contributed by atoms with van der Waals surface area (Å²) < 4.78 is 0. The van der Waals surface area contributed by atoms with Crippen molar-refractivity contribution in [3.05, 3.63) is 0 Å². The first kappa shape index (κ1) is 6.57. The van der Waals surface area contributed by atoms with Gasteiger partial charge in [-0.15, -0.1) is 0 Å². The maximum absolute atomic E-state index is 8.57. The normalized spacial score (nSPS) is 35.6. The Labute approximate surface area is 55.9 Å². The van der Waals surface area contributed by atoms with E-state index in [-0.39, 0.29) is 5.92 Å². The summed E-state index contributed by atoms with van der Waals surface area (Å²) in [5.41, 5.74) is 0. The van der Waals surface area contributed by atoms with Crippen molar-refractivity contribution < 1.29 is 0 Å². The van der Waals surface area contributed by atoms with E-state index >= 15 is 0 Å². The molecular weight excluding hydrogens is 112 g/mol. The smallest absolute Gasteiger partial charge is 0.0672 e. The van der Waals surface area contributed by atoms with Crippen LogP contribution in [-0.2, 0) is 0 Å². The second kappa shape index (κ2) is 2.84. The Kier molecular flexibility index (Phi) is 2.07. The molecule has 2 heteroatoms. The molecule has 0 radical (unpaired) electrons. The first-order chi connectivity index (χ1) is 4.34. The molecule has 1 saturated heterocycles. The van der Waals surface area contributed by atoms with Crippen molar-refractivity contribution in [2.24, 2.45) is 5.92 Å². The maximum Gasteiger partial charge on any atom is 0.0672 e. The molecule has 0 aromatic rings. The van der Waals surface area contributed by atoms with Gasteiger partial charge >= 0.3 is 0 Å². The number of piperidine rings is 1. The van der Waals surface area contributed by atoms with Crippen molar-refractivity contribution >= 4 is 0 Å². The second-order valence-corrected chi connectivity index (χ2v) is 2.62. The average Bonchev–Trinajstić information content (AvgIpc) is 1.89. The number of nitrogens with one attached hydrogen (secondary N) is 1. The van der Waals surface area contributed by atoms with Gasteiger partial charge in [-0.25, -0.2) is 0 Å². The molecule has 1 N–H and O–H groups in total. The number of hydrogen-bond acceptors (Lipinski definition) is 2. The summed E-state index contributed by atoms with van der Waals surface area (Å²) >= 11 is 0. The lowest BCUT2D eigenvalue weighted by Gasteiger charge is -2.24. The molecule has 9 heavy (non-hydrogen) atoms. The summed E-state index contributed by atoms with van der Waals surface area (Å²) in [7, 11) is 0. The average molecular weight is 124 g/mol. The Bertz CT molecular complexity index is 125. The van der Waals surface area contributed by atoms with E-state index < -0.39 is 0 Å². The lowest BCUT2D eigenvalue weighted by atomic mass is 9.94. The van der Waals surface area contributed by atoms with Gasteiger partial charge in [0.05, 0.1) is 12.0 Å². The van der Waals surface area contributed by atoms with Crippen molar-refractivity contribution in [3.8, 4) is 6.07 Å². The topological polar surface area (TPSA) is 35.8 Å². The summed E-state index contributed by atoms with van der Waals surface area (Å²) in [4.78, 5) is 0. The SMILES string of the molecule is C[C@@H]1NCCC[C@@H]1C#N. The molecule has 2 nitrogen and oxygen atoms in total. The minimum absolute atomic E-state index is 0.249. The molecule has 0 amide bonds. The van der Waals surface area contributed by atoms with Crippen molar-refractivity contribution in [3.63, 3.8) is 0 Å². The van der Waals surface area contributed by atoms with Crippen LogP contribution in [0.2, 0.25) is 0 Å². The van der Waals surface area contributed by atoms with E-state index in [2.05, 4.69) is 18.3 Å². The van der Waals surface area contributed by atoms with Crippen LogP contribution in [0, 0.1) is 17.2 Å². The van der Waals surface area contributed by atoms with Crippen LogP contribution >= 0.6 is 0 Å². The Balaban J connectivity index is 2.41. The minimum Gasteiger partial charge on any atom is -0.313 e. The molecule has 0 aliphatic carbocycles. The number of hydrogen-bond donors (Lipinski definition) is 1. The van der Waals surface area contributed by atoms with Crippen LogP contribution < -0.4 is 5.32 Å². The van der Waals surface area contributed by atoms with Crippen molar-refractivity contribution in [1.29, 1.82) is 5.26 Å². The number of rotatable bonds is 0. The van der Waals surface area contributed by atoms with Gasteiger partial charge in [0, 0.05) is 6.04 Å². The van der Waals surface area contributed by atoms with E-state index in [1.54, 1.807) is 0 Å². The van der Waals surface area contributed by atoms with Gasteiger partial charge in [-0.05, 0) is 26.3 Å². The first-order valence-electron chi connectivity index (χ1n) is 3.47. The predicted octanol–water partition coefficient (Wildman–Crippen LogP) is 0.898. The number of nitrogens with zero attached hydrogens (tertiary/aromatic N) is 1. The first-order valence-corrected chi connectivity index (χ1v) is 3.47. The highest BCUT2D eigenvalue weighted by Gasteiger charge is 2.19. The zero-order chi connectivity index (χ0) is 6.69.